The second-order valence-electron chi connectivity index (χ2n) is 4.24. The van der Waals surface area contributed by atoms with Gasteiger partial charge >= 0.3 is 0 Å². The molecule has 78 valence electrons. The van der Waals surface area contributed by atoms with Gasteiger partial charge in [0.15, 0.2) is 0 Å². The maximum atomic E-state index is 5.58. The zero-order chi connectivity index (χ0) is 10.3. The second kappa shape index (κ2) is 3.31. The van der Waals surface area contributed by atoms with E-state index in [9.17, 15) is 0 Å². The van der Waals surface area contributed by atoms with Crippen molar-refractivity contribution in [3.05, 3.63) is 23.8 Å². The highest BCUT2D eigenvalue weighted by Crippen LogP contribution is 2.31. The molecule has 1 aliphatic rings. The molecule has 1 saturated carbocycles. The van der Waals surface area contributed by atoms with E-state index in [2.05, 4.69) is 22.4 Å². The van der Waals surface area contributed by atoms with Gasteiger partial charge in [0.2, 0.25) is 0 Å². The molecule has 1 aromatic heterocycles. The first-order chi connectivity index (χ1) is 7.36. The number of hydrogen-bond donors (Lipinski definition) is 1. The Morgan fingerprint density at radius 1 is 1.40 bits per heavy atom. The van der Waals surface area contributed by atoms with Gasteiger partial charge in [0.25, 0.3) is 0 Å². The molecule has 0 saturated heterocycles. The zero-order valence-electron chi connectivity index (χ0n) is 8.56. The lowest BCUT2D eigenvalue weighted by molar-refractivity contribution is 0.559. The van der Waals surface area contributed by atoms with Crippen LogP contribution < -0.4 is 5.73 Å². The zero-order valence-corrected chi connectivity index (χ0v) is 8.56. The summed E-state index contributed by atoms with van der Waals surface area (Å²) in [6.07, 6.45) is 2.67. The van der Waals surface area contributed by atoms with E-state index in [1.54, 1.807) is 0 Å². The highest BCUT2D eigenvalue weighted by molar-refractivity contribution is 5.75. The first-order valence-corrected chi connectivity index (χ1v) is 5.39. The van der Waals surface area contributed by atoms with Gasteiger partial charge in [0.05, 0.1) is 5.52 Å². The molecule has 1 aromatic carbocycles. The molecule has 0 bridgehead atoms. The van der Waals surface area contributed by atoms with Gasteiger partial charge in [0.1, 0.15) is 5.52 Å². The molecule has 3 rings (SSSR count). The van der Waals surface area contributed by atoms with Crippen molar-refractivity contribution in [2.75, 3.05) is 0 Å². The van der Waals surface area contributed by atoms with Gasteiger partial charge in [-0.3, -0.25) is 0 Å². The van der Waals surface area contributed by atoms with E-state index in [1.165, 1.54) is 12.8 Å². The lowest BCUT2D eigenvalue weighted by Crippen LogP contribution is -2.01. The fourth-order valence-electron chi connectivity index (χ4n) is 1.82. The standard InChI is InChI=1S/C11H14N4/c12-6-9-3-4-11-10(5-9)13-14-15(11)7-8-1-2-8/h3-5,8H,1-2,6-7,12H2. The Morgan fingerprint density at radius 2 is 2.27 bits per heavy atom. The Kier molecular flexibility index (Phi) is 1.95. The van der Waals surface area contributed by atoms with Gasteiger partial charge in [-0.2, -0.15) is 0 Å². The number of benzene rings is 1. The normalized spacial score (nSPS) is 16.1. The van der Waals surface area contributed by atoms with E-state index in [0.29, 0.717) is 6.54 Å². The SMILES string of the molecule is NCc1ccc2c(c1)nnn2CC1CC1. The van der Waals surface area contributed by atoms with E-state index in [4.69, 9.17) is 5.73 Å². The maximum absolute atomic E-state index is 5.58. The summed E-state index contributed by atoms with van der Waals surface area (Å²) < 4.78 is 2.01. The molecule has 0 atom stereocenters. The number of rotatable bonds is 3. The molecule has 0 spiro atoms. The van der Waals surface area contributed by atoms with Crippen LogP contribution in [0.5, 0.6) is 0 Å². The van der Waals surface area contributed by atoms with Crippen molar-refractivity contribution < 1.29 is 0 Å². The summed E-state index contributed by atoms with van der Waals surface area (Å²) in [5.41, 5.74) is 8.78. The van der Waals surface area contributed by atoms with Crippen LogP contribution in [0, 0.1) is 5.92 Å². The molecule has 0 unspecified atom stereocenters. The molecule has 0 amide bonds. The molecular formula is C11H14N4. The molecule has 0 radical (unpaired) electrons. The van der Waals surface area contributed by atoms with E-state index in [1.807, 2.05) is 10.7 Å². The first-order valence-electron chi connectivity index (χ1n) is 5.39. The largest absolute Gasteiger partial charge is 0.326 e. The van der Waals surface area contributed by atoms with Crippen LogP contribution >= 0.6 is 0 Å². The number of nitrogens with two attached hydrogens (primary N) is 1. The van der Waals surface area contributed by atoms with Gasteiger partial charge in [-0.05, 0) is 36.5 Å². The number of hydrogen-bond acceptors (Lipinski definition) is 3. The summed E-state index contributed by atoms with van der Waals surface area (Å²) in [7, 11) is 0. The summed E-state index contributed by atoms with van der Waals surface area (Å²) in [6, 6.07) is 6.14. The minimum absolute atomic E-state index is 0.561. The van der Waals surface area contributed by atoms with Crippen LogP contribution in [0.15, 0.2) is 18.2 Å². The first kappa shape index (κ1) is 8.85. The Morgan fingerprint density at radius 3 is 3.00 bits per heavy atom. The Labute approximate surface area is 88.1 Å². The van der Waals surface area contributed by atoms with Crippen molar-refractivity contribution in [1.82, 2.24) is 15.0 Å². The van der Waals surface area contributed by atoms with Crippen LogP contribution in [0.3, 0.4) is 0 Å². The van der Waals surface area contributed by atoms with E-state index in [-0.39, 0.29) is 0 Å². The fourth-order valence-corrected chi connectivity index (χ4v) is 1.82. The van der Waals surface area contributed by atoms with Gasteiger partial charge in [-0.1, -0.05) is 11.3 Å². The van der Waals surface area contributed by atoms with Gasteiger partial charge in [0, 0.05) is 13.1 Å². The maximum Gasteiger partial charge on any atom is 0.113 e. The molecule has 1 heterocycles. The van der Waals surface area contributed by atoms with Crippen molar-refractivity contribution in [1.29, 1.82) is 0 Å². The molecule has 2 N–H and O–H groups in total. The quantitative estimate of drug-likeness (QED) is 0.816. The predicted octanol–water partition coefficient (Wildman–Crippen LogP) is 1.30. The minimum atomic E-state index is 0.561. The number of aromatic nitrogens is 3. The van der Waals surface area contributed by atoms with Gasteiger partial charge in [-0.25, -0.2) is 4.68 Å². The summed E-state index contributed by atoms with van der Waals surface area (Å²) in [6.45, 7) is 1.57. The van der Waals surface area contributed by atoms with Crippen molar-refractivity contribution in [3.8, 4) is 0 Å². The van der Waals surface area contributed by atoms with Gasteiger partial charge in [-0.15, -0.1) is 5.10 Å². The molecule has 4 heteroatoms. The highest BCUT2D eigenvalue weighted by atomic mass is 15.4. The average molecular weight is 202 g/mol. The number of fused-ring (bicyclic) bond motifs is 1. The van der Waals surface area contributed by atoms with Crippen molar-refractivity contribution in [3.63, 3.8) is 0 Å². The molecular weight excluding hydrogens is 188 g/mol. The summed E-state index contributed by atoms with van der Waals surface area (Å²) in [5.74, 6) is 0.823. The van der Waals surface area contributed by atoms with Crippen molar-refractivity contribution in [2.24, 2.45) is 11.7 Å². The Bertz CT molecular complexity index is 484. The van der Waals surface area contributed by atoms with Crippen LogP contribution in [0.2, 0.25) is 0 Å². The van der Waals surface area contributed by atoms with E-state index >= 15 is 0 Å². The smallest absolute Gasteiger partial charge is 0.113 e. The monoisotopic (exact) mass is 202 g/mol. The summed E-state index contributed by atoms with van der Waals surface area (Å²) in [4.78, 5) is 0. The fraction of sp³-hybridized carbons (Fsp3) is 0.455. The predicted molar refractivity (Wildman–Crippen MR) is 58.1 cm³/mol. The lowest BCUT2D eigenvalue weighted by Gasteiger charge is -2.00. The van der Waals surface area contributed by atoms with Gasteiger partial charge < -0.3 is 5.73 Å². The molecule has 0 aliphatic heterocycles. The van der Waals surface area contributed by atoms with Crippen molar-refractivity contribution >= 4 is 11.0 Å². The Balaban J connectivity index is 2.01. The third kappa shape index (κ3) is 1.61. The third-order valence-corrected chi connectivity index (χ3v) is 2.94. The molecule has 15 heavy (non-hydrogen) atoms. The van der Waals surface area contributed by atoms with Crippen molar-refractivity contribution in [2.45, 2.75) is 25.9 Å². The summed E-state index contributed by atoms with van der Waals surface area (Å²) in [5, 5.41) is 8.34. The van der Waals surface area contributed by atoms with E-state index in [0.717, 1.165) is 29.1 Å². The Hall–Kier alpha value is -1.42. The van der Waals surface area contributed by atoms with Crippen LogP contribution in [-0.4, -0.2) is 15.0 Å². The lowest BCUT2D eigenvalue weighted by atomic mass is 10.2. The topological polar surface area (TPSA) is 56.7 Å². The summed E-state index contributed by atoms with van der Waals surface area (Å²) >= 11 is 0. The highest BCUT2D eigenvalue weighted by Gasteiger charge is 2.22. The van der Waals surface area contributed by atoms with E-state index < -0.39 is 0 Å². The number of nitrogens with zero attached hydrogens (tertiary/aromatic N) is 3. The van der Waals surface area contributed by atoms with Crippen LogP contribution in [-0.2, 0) is 13.1 Å². The third-order valence-electron chi connectivity index (χ3n) is 2.94. The molecule has 1 fully saturated rings. The van der Waals surface area contributed by atoms with Crippen LogP contribution in [0.4, 0.5) is 0 Å². The average Bonchev–Trinajstić information content (AvgIpc) is 2.99. The molecule has 4 nitrogen and oxygen atoms in total. The molecule has 2 aromatic rings. The molecule has 1 aliphatic carbocycles. The van der Waals surface area contributed by atoms with Crippen LogP contribution in [0.1, 0.15) is 18.4 Å². The second-order valence-corrected chi connectivity index (χ2v) is 4.24. The van der Waals surface area contributed by atoms with Crippen LogP contribution in [0.25, 0.3) is 11.0 Å². The minimum Gasteiger partial charge on any atom is -0.326 e.